The lowest BCUT2D eigenvalue weighted by molar-refractivity contribution is 0.0232. The SMILES string of the molecule is CC(=O)c1ccc(C2(O)CCOC2)cc1. The van der Waals surface area contributed by atoms with Crippen molar-refractivity contribution in [3.8, 4) is 0 Å². The molecule has 0 spiro atoms. The highest BCUT2D eigenvalue weighted by Crippen LogP contribution is 2.30. The van der Waals surface area contributed by atoms with Crippen molar-refractivity contribution < 1.29 is 14.6 Å². The van der Waals surface area contributed by atoms with E-state index < -0.39 is 5.60 Å². The zero-order valence-electron chi connectivity index (χ0n) is 8.69. The number of hydrogen-bond donors (Lipinski definition) is 1. The first-order chi connectivity index (χ1) is 7.12. The molecule has 80 valence electrons. The molecule has 0 aromatic heterocycles. The van der Waals surface area contributed by atoms with Gasteiger partial charge in [-0.2, -0.15) is 0 Å². The van der Waals surface area contributed by atoms with Crippen LogP contribution in [-0.4, -0.2) is 24.1 Å². The third kappa shape index (κ3) is 1.94. The minimum absolute atomic E-state index is 0.0382. The van der Waals surface area contributed by atoms with Gasteiger partial charge in [0, 0.05) is 18.6 Å². The van der Waals surface area contributed by atoms with E-state index in [0.717, 1.165) is 5.56 Å². The Hall–Kier alpha value is -1.19. The average Bonchev–Trinajstić information content (AvgIpc) is 2.67. The molecule has 2 rings (SSSR count). The second kappa shape index (κ2) is 3.76. The van der Waals surface area contributed by atoms with Crippen LogP contribution in [0.25, 0.3) is 0 Å². The molecule has 1 atom stereocenters. The second-order valence-electron chi connectivity index (χ2n) is 3.97. The van der Waals surface area contributed by atoms with E-state index in [-0.39, 0.29) is 5.78 Å². The average molecular weight is 206 g/mol. The summed E-state index contributed by atoms with van der Waals surface area (Å²) >= 11 is 0. The van der Waals surface area contributed by atoms with E-state index in [1.165, 1.54) is 6.92 Å². The summed E-state index contributed by atoms with van der Waals surface area (Å²) in [6.07, 6.45) is 0.617. The maximum absolute atomic E-state index is 11.1. The Labute approximate surface area is 88.7 Å². The molecule has 0 saturated carbocycles. The summed E-state index contributed by atoms with van der Waals surface area (Å²) in [7, 11) is 0. The van der Waals surface area contributed by atoms with Crippen LogP contribution in [0.15, 0.2) is 24.3 Å². The number of rotatable bonds is 2. The van der Waals surface area contributed by atoms with Crippen LogP contribution in [0.4, 0.5) is 0 Å². The van der Waals surface area contributed by atoms with E-state index in [9.17, 15) is 9.90 Å². The molecule has 15 heavy (non-hydrogen) atoms. The van der Waals surface area contributed by atoms with Crippen LogP contribution in [0.1, 0.15) is 29.3 Å². The number of aliphatic hydroxyl groups is 1. The number of benzene rings is 1. The van der Waals surface area contributed by atoms with Gasteiger partial charge < -0.3 is 9.84 Å². The van der Waals surface area contributed by atoms with Crippen molar-refractivity contribution in [1.82, 2.24) is 0 Å². The molecule has 1 N–H and O–H groups in total. The van der Waals surface area contributed by atoms with Gasteiger partial charge in [0.05, 0.1) is 6.61 Å². The molecule has 0 radical (unpaired) electrons. The summed E-state index contributed by atoms with van der Waals surface area (Å²) in [5.74, 6) is 0.0382. The Morgan fingerprint density at radius 3 is 2.53 bits per heavy atom. The van der Waals surface area contributed by atoms with Gasteiger partial charge in [-0.1, -0.05) is 24.3 Å². The van der Waals surface area contributed by atoms with Gasteiger partial charge in [-0.15, -0.1) is 0 Å². The number of carbonyl (C=O) groups excluding carboxylic acids is 1. The number of Topliss-reactive ketones (excluding diaryl/α,β-unsaturated/α-hetero) is 1. The largest absolute Gasteiger partial charge is 0.383 e. The first-order valence-electron chi connectivity index (χ1n) is 5.03. The van der Waals surface area contributed by atoms with Gasteiger partial charge in [-0.3, -0.25) is 4.79 Å². The maximum atomic E-state index is 11.1. The Balaban J connectivity index is 2.26. The Morgan fingerprint density at radius 1 is 1.40 bits per heavy atom. The number of carbonyl (C=O) groups is 1. The van der Waals surface area contributed by atoms with Crippen LogP contribution >= 0.6 is 0 Å². The lowest BCUT2D eigenvalue weighted by Crippen LogP contribution is -2.25. The molecule has 1 unspecified atom stereocenters. The summed E-state index contributed by atoms with van der Waals surface area (Å²) in [6, 6.07) is 7.08. The Morgan fingerprint density at radius 2 is 2.07 bits per heavy atom. The summed E-state index contributed by atoms with van der Waals surface area (Å²) in [4.78, 5) is 11.1. The minimum Gasteiger partial charge on any atom is -0.383 e. The fraction of sp³-hybridized carbons (Fsp3) is 0.417. The normalized spacial score (nSPS) is 25.5. The maximum Gasteiger partial charge on any atom is 0.159 e. The second-order valence-corrected chi connectivity index (χ2v) is 3.97. The minimum atomic E-state index is -0.866. The van der Waals surface area contributed by atoms with Crippen molar-refractivity contribution in [3.63, 3.8) is 0 Å². The van der Waals surface area contributed by atoms with E-state index in [2.05, 4.69) is 0 Å². The molecule has 1 aliphatic heterocycles. The van der Waals surface area contributed by atoms with Gasteiger partial charge in [0.15, 0.2) is 5.78 Å². The topological polar surface area (TPSA) is 46.5 Å². The van der Waals surface area contributed by atoms with E-state index in [0.29, 0.717) is 25.2 Å². The molecular formula is C12H14O3. The fourth-order valence-corrected chi connectivity index (χ4v) is 1.80. The summed E-state index contributed by atoms with van der Waals surface area (Å²) in [6.45, 7) is 2.46. The van der Waals surface area contributed by atoms with Crippen molar-refractivity contribution in [3.05, 3.63) is 35.4 Å². The zero-order valence-corrected chi connectivity index (χ0v) is 8.69. The van der Waals surface area contributed by atoms with E-state index in [1.807, 2.05) is 0 Å². The quantitative estimate of drug-likeness (QED) is 0.746. The molecule has 1 saturated heterocycles. The smallest absolute Gasteiger partial charge is 0.159 e. The van der Waals surface area contributed by atoms with Crippen LogP contribution < -0.4 is 0 Å². The van der Waals surface area contributed by atoms with Gasteiger partial charge in [0.2, 0.25) is 0 Å². The van der Waals surface area contributed by atoms with Crippen LogP contribution in [0.2, 0.25) is 0 Å². The molecule has 1 aromatic carbocycles. The lowest BCUT2D eigenvalue weighted by atomic mass is 9.92. The van der Waals surface area contributed by atoms with Crippen LogP contribution in [-0.2, 0) is 10.3 Å². The van der Waals surface area contributed by atoms with E-state index in [1.54, 1.807) is 24.3 Å². The van der Waals surface area contributed by atoms with Gasteiger partial charge >= 0.3 is 0 Å². The number of ether oxygens (including phenoxy) is 1. The van der Waals surface area contributed by atoms with Gasteiger partial charge in [-0.05, 0) is 12.5 Å². The standard InChI is InChI=1S/C12H14O3/c1-9(13)10-2-4-11(5-3-10)12(14)6-7-15-8-12/h2-5,14H,6-8H2,1H3. The first-order valence-corrected chi connectivity index (χ1v) is 5.03. The molecular weight excluding hydrogens is 192 g/mol. The fourth-order valence-electron chi connectivity index (χ4n) is 1.80. The zero-order chi connectivity index (χ0) is 10.9. The Bertz CT molecular complexity index is 361. The third-order valence-electron chi connectivity index (χ3n) is 2.83. The third-order valence-corrected chi connectivity index (χ3v) is 2.83. The molecule has 0 aliphatic carbocycles. The van der Waals surface area contributed by atoms with Gasteiger partial charge in [0.25, 0.3) is 0 Å². The van der Waals surface area contributed by atoms with Crippen molar-refractivity contribution in [1.29, 1.82) is 0 Å². The Kier molecular flexibility index (Phi) is 2.59. The number of hydrogen-bond acceptors (Lipinski definition) is 3. The van der Waals surface area contributed by atoms with E-state index in [4.69, 9.17) is 4.74 Å². The van der Waals surface area contributed by atoms with Crippen molar-refractivity contribution >= 4 is 5.78 Å². The monoisotopic (exact) mass is 206 g/mol. The number of ketones is 1. The predicted octanol–water partition coefficient (Wildman–Crippen LogP) is 1.50. The molecule has 1 aromatic rings. The van der Waals surface area contributed by atoms with Crippen molar-refractivity contribution in [2.75, 3.05) is 13.2 Å². The van der Waals surface area contributed by atoms with E-state index >= 15 is 0 Å². The van der Waals surface area contributed by atoms with Crippen molar-refractivity contribution in [2.24, 2.45) is 0 Å². The summed E-state index contributed by atoms with van der Waals surface area (Å²) in [5.41, 5.74) is 0.626. The summed E-state index contributed by atoms with van der Waals surface area (Å²) in [5, 5.41) is 10.2. The highest BCUT2D eigenvalue weighted by atomic mass is 16.5. The molecule has 3 heteroatoms. The molecule has 1 aliphatic rings. The van der Waals surface area contributed by atoms with Gasteiger partial charge in [0.1, 0.15) is 5.60 Å². The molecule has 3 nitrogen and oxygen atoms in total. The summed E-state index contributed by atoms with van der Waals surface area (Å²) < 4.78 is 5.18. The predicted molar refractivity (Wildman–Crippen MR) is 55.8 cm³/mol. The highest BCUT2D eigenvalue weighted by molar-refractivity contribution is 5.94. The van der Waals surface area contributed by atoms with Crippen LogP contribution in [0.5, 0.6) is 0 Å². The molecule has 0 bridgehead atoms. The van der Waals surface area contributed by atoms with Crippen LogP contribution in [0, 0.1) is 0 Å². The first kappa shape index (κ1) is 10.3. The molecule has 0 amide bonds. The van der Waals surface area contributed by atoms with Crippen molar-refractivity contribution in [2.45, 2.75) is 18.9 Å². The van der Waals surface area contributed by atoms with Gasteiger partial charge in [-0.25, -0.2) is 0 Å². The molecule has 1 fully saturated rings. The lowest BCUT2D eigenvalue weighted by Gasteiger charge is -2.20. The molecule has 1 heterocycles. The highest BCUT2D eigenvalue weighted by Gasteiger charge is 2.33. The van der Waals surface area contributed by atoms with Crippen LogP contribution in [0.3, 0.4) is 0 Å².